The first kappa shape index (κ1) is 11.0. The highest BCUT2D eigenvalue weighted by molar-refractivity contribution is 5.75. The van der Waals surface area contributed by atoms with E-state index in [0.717, 1.165) is 16.7 Å². The third kappa shape index (κ3) is 2.53. The van der Waals surface area contributed by atoms with Crippen molar-refractivity contribution in [2.45, 2.75) is 0 Å². The first-order valence-electron chi connectivity index (χ1n) is 5.26. The molecule has 0 unspecified atom stereocenters. The van der Waals surface area contributed by atoms with Crippen molar-refractivity contribution in [3.05, 3.63) is 60.2 Å². The maximum atomic E-state index is 9.26. The summed E-state index contributed by atoms with van der Waals surface area (Å²) in [5, 5.41) is 17.8. The fraction of sp³-hybridized carbons (Fsp3) is 0. The molecule has 0 saturated heterocycles. The minimum absolute atomic E-state index is 0.249. The summed E-state index contributed by atoms with van der Waals surface area (Å²) in [7, 11) is 0. The molecule has 0 heterocycles. The molecule has 0 fully saturated rings. The Hall–Kier alpha value is -2.53. The largest absolute Gasteiger partial charge is 0.508 e. The van der Waals surface area contributed by atoms with Gasteiger partial charge in [-0.1, -0.05) is 36.4 Å². The molecule has 0 atom stereocenters. The van der Waals surface area contributed by atoms with Crippen LogP contribution in [0.15, 0.2) is 54.6 Å². The molecule has 0 aliphatic rings. The van der Waals surface area contributed by atoms with Crippen LogP contribution >= 0.6 is 0 Å². The third-order valence-corrected chi connectivity index (χ3v) is 2.48. The molecular weight excluding hydrogens is 210 g/mol. The summed E-state index contributed by atoms with van der Waals surface area (Å²) in [5.41, 5.74) is 3.04. The number of hydrogen-bond donors (Lipinski definition) is 1. The average Bonchev–Trinajstić information content (AvgIpc) is 2.38. The number of phenols is 1. The van der Waals surface area contributed by atoms with Gasteiger partial charge < -0.3 is 5.11 Å². The lowest BCUT2D eigenvalue weighted by molar-refractivity contribution is 0.475. The summed E-state index contributed by atoms with van der Waals surface area (Å²) < 4.78 is 0. The standard InChI is InChI=1S/C15H11NO/c16-11-3-5-12-4-1-2-6-15(12)13-7-9-14(17)10-8-13/h1-10,17H/b5-3-. The molecule has 0 aliphatic heterocycles. The van der Waals surface area contributed by atoms with E-state index in [0.29, 0.717) is 0 Å². The topological polar surface area (TPSA) is 44.0 Å². The van der Waals surface area contributed by atoms with Crippen molar-refractivity contribution in [3.63, 3.8) is 0 Å². The Morgan fingerprint density at radius 2 is 1.71 bits per heavy atom. The van der Waals surface area contributed by atoms with Gasteiger partial charge in [0.05, 0.1) is 6.07 Å². The molecule has 0 aliphatic carbocycles. The second-order valence-electron chi connectivity index (χ2n) is 3.60. The summed E-state index contributed by atoms with van der Waals surface area (Å²) in [4.78, 5) is 0. The molecule has 0 bridgehead atoms. The minimum Gasteiger partial charge on any atom is -0.508 e. The van der Waals surface area contributed by atoms with Gasteiger partial charge in [0.2, 0.25) is 0 Å². The highest BCUT2D eigenvalue weighted by Crippen LogP contribution is 2.26. The second kappa shape index (κ2) is 5.00. The summed E-state index contributed by atoms with van der Waals surface area (Å²) in [6, 6.07) is 16.8. The van der Waals surface area contributed by atoms with E-state index in [2.05, 4.69) is 0 Å². The van der Waals surface area contributed by atoms with Gasteiger partial charge in [0.15, 0.2) is 0 Å². The number of nitriles is 1. The Morgan fingerprint density at radius 3 is 2.41 bits per heavy atom. The van der Waals surface area contributed by atoms with Crippen LogP contribution in [0.5, 0.6) is 5.75 Å². The van der Waals surface area contributed by atoms with Gasteiger partial charge in [0.1, 0.15) is 5.75 Å². The van der Waals surface area contributed by atoms with Crippen molar-refractivity contribution in [1.29, 1.82) is 5.26 Å². The lowest BCUT2D eigenvalue weighted by atomic mass is 9.99. The number of rotatable bonds is 2. The lowest BCUT2D eigenvalue weighted by Crippen LogP contribution is -1.82. The number of nitrogens with zero attached hydrogens (tertiary/aromatic N) is 1. The van der Waals surface area contributed by atoms with Gasteiger partial charge in [-0.3, -0.25) is 0 Å². The quantitative estimate of drug-likeness (QED) is 0.787. The van der Waals surface area contributed by atoms with E-state index in [4.69, 9.17) is 5.26 Å². The maximum absolute atomic E-state index is 9.26. The number of phenolic OH excluding ortho intramolecular Hbond substituents is 1. The van der Waals surface area contributed by atoms with Crippen molar-refractivity contribution in [3.8, 4) is 22.9 Å². The Kier molecular flexibility index (Phi) is 3.23. The molecule has 0 radical (unpaired) electrons. The number of hydrogen-bond acceptors (Lipinski definition) is 2. The molecule has 2 aromatic rings. The van der Waals surface area contributed by atoms with Crippen LogP contribution in [0.3, 0.4) is 0 Å². The zero-order valence-electron chi connectivity index (χ0n) is 9.17. The maximum Gasteiger partial charge on any atom is 0.115 e. The van der Waals surface area contributed by atoms with Crippen molar-refractivity contribution < 1.29 is 5.11 Å². The first-order chi connectivity index (χ1) is 8.31. The van der Waals surface area contributed by atoms with Crippen molar-refractivity contribution in [2.24, 2.45) is 0 Å². The molecule has 2 rings (SSSR count). The second-order valence-corrected chi connectivity index (χ2v) is 3.60. The normalized spacial score (nSPS) is 10.3. The van der Waals surface area contributed by atoms with Gasteiger partial charge in [0, 0.05) is 6.08 Å². The summed E-state index contributed by atoms with van der Waals surface area (Å²) in [6.07, 6.45) is 3.24. The van der Waals surface area contributed by atoms with Gasteiger partial charge >= 0.3 is 0 Å². The van der Waals surface area contributed by atoms with Crippen LogP contribution in [0.4, 0.5) is 0 Å². The van der Waals surface area contributed by atoms with Crippen LogP contribution < -0.4 is 0 Å². The van der Waals surface area contributed by atoms with Gasteiger partial charge in [-0.2, -0.15) is 5.26 Å². The fourth-order valence-corrected chi connectivity index (χ4v) is 1.67. The van der Waals surface area contributed by atoms with Crippen LogP contribution in [0.2, 0.25) is 0 Å². The highest BCUT2D eigenvalue weighted by atomic mass is 16.3. The molecule has 2 nitrogen and oxygen atoms in total. The molecule has 2 heteroatoms. The zero-order chi connectivity index (χ0) is 12.1. The Balaban J connectivity index is 2.48. The zero-order valence-corrected chi connectivity index (χ0v) is 9.17. The molecule has 0 spiro atoms. The van der Waals surface area contributed by atoms with Gasteiger partial charge in [0.25, 0.3) is 0 Å². The van der Waals surface area contributed by atoms with E-state index < -0.39 is 0 Å². The molecule has 17 heavy (non-hydrogen) atoms. The summed E-state index contributed by atoms with van der Waals surface area (Å²) in [5.74, 6) is 0.249. The molecular formula is C15H11NO. The van der Waals surface area contributed by atoms with Crippen LogP contribution in [0.1, 0.15) is 5.56 Å². The minimum atomic E-state index is 0.249. The van der Waals surface area contributed by atoms with Gasteiger partial charge in [-0.25, -0.2) is 0 Å². The molecule has 82 valence electrons. The van der Waals surface area contributed by atoms with E-state index in [1.54, 1.807) is 18.2 Å². The van der Waals surface area contributed by atoms with Crippen LogP contribution in [-0.2, 0) is 0 Å². The predicted molar refractivity (Wildman–Crippen MR) is 68.2 cm³/mol. The molecule has 0 aromatic heterocycles. The molecule has 0 saturated carbocycles. The number of benzene rings is 2. The number of allylic oxidation sites excluding steroid dienone is 1. The average molecular weight is 221 g/mol. The van der Waals surface area contributed by atoms with Crippen molar-refractivity contribution in [1.82, 2.24) is 0 Å². The van der Waals surface area contributed by atoms with E-state index in [1.165, 1.54) is 6.08 Å². The monoisotopic (exact) mass is 221 g/mol. The molecule has 1 N–H and O–H groups in total. The van der Waals surface area contributed by atoms with E-state index >= 15 is 0 Å². The van der Waals surface area contributed by atoms with Crippen LogP contribution in [-0.4, -0.2) is 5.11 Å². The highest BCUT2D eigenvalue weighted by Gasteiger charge is 2.01. The number of aromatic hydroxyl groups is 1. The van der Waals surface area contributed by atoms with Crippen LogP contribution in [0, 0.1) is 11.3 Å². The fourth-order valence-electron chi connectivity index (χ4n) is 1.67. The van der Waals surface area contributed by atoms with Gasteiger partial charge in [-0.05, 0) is 34.9 Å². The molecule has 2 aromatic carbocycles. The van der Waals surface area contributed by atoms with E-state index in [9.17, 15) is 5.11 Å². The third-order valence-electron chi connectivity index (χ3n) is 2.48. The summed E-state index contributed by atoms with van der Waals surface area (Å²) >= 11 is 0. The predicted octanol–water partition coefficient (Wildman–Crippen LogP) is 3.60. The summed E-state index contributed by atoms with van der Waals surface area (Å²) in [6.45, 7) is 0. The Labute approximate surface area is 100 Å². The van der Waals surface area contributed by atoms with Gasteiger partial charge in [-0.15, -0.1) is 0 Å². The van der Waals surface area contributed by atoms with Crippen molar-refractivity contribution in [2.75, 3.05) is 0 Å². The lowest BCUT2D eigenvalue weighted by Gasteiger charge is -2.05. The van der Waals surface area contributed by atoms with E-state index in [-0.39, 0.29) is 5.75 Å². The molecule has 0 amide bonds. The van der Waals surface area contributed by atoms with Crippen molar-refractivity contribution >= 4 is 6.08 Å². The SMILES string of the molecule is N#C/C=C\c1ccccc1-c1ccc(O)cc1. The Bertz CT molecular complexity index is 577. The van der Waals surface area contributed by atoms with E-state index in [1.807, 2.05) is 42.5 Å². The van der Waals surface area contributed by atoms with Crippen LogP contribution in [0.25, 0.3) is 17.2 Å². The smallest absolute Gasteiger partial charge is 0.115 e. The Morgan fingerprint density at radius 1 is 1.00 bits per heavy atom. The first-order valence-corrected chi connectivity index (χ1v) is 5.26.